The van der Waals surface area contributed by atoms with Gasteiger partial charge in [0.2, 0.25) is 11.2 Å². The SMILES string of the molecule is CC(C)(C)Oc1nc(Cl)nc2c(F)cc(Cl)cc12. The number of fused-ring (bicyclic) bond motifs is 1. The third-order valence-corrected chi connectivity index (χ3v) is 2.45. The number of benzene rings is 1. The quantitative estimate of drug-likeness (QED) is 0.736. The Morgan fingerprint density at radius 2 is 1.83 bits per heavy atom. The number of aromatic nitrogens is 2. The Hall–Kier alpha value is -1.13. The smallest absolute Gasteiger partial charge is 0.226 e. The van der Waals surface area contributed by atoms with Crippen molar-refractivity contribution in [3.8, 4) is 5.88 Å². The zero-order valence-electron chi connectivity index (χ0n) is 10.1. The molecule has 2 aromatic rings. The molecule has 0 saturated carbocycles. The Bertz CT molecular complexity index is 611. The van der Waals surface area contributed by atoms with E-state index < -0.39 is 11.4 Å². The van der Waals surface area contributed by atoms with Gasteiger partial charge in [-0.05, 0) is 44.5 Å². The summed E-state index contributed by atoms with van der Waals surface area (Å²) in [5.74, 6) is -0.334. The van der Waals surface area contributed by atoms with E-state index in [2.05, 4.69) is 9.97 Å². The van der Waals surface area contributed by atoms with Crippen LogP contribution in [-0.4, -0.2) is 15.6 Å². The standard InChI is InChI=1S/C12H11Cl2FN2O/c1-12(2,3)18-10-7-4-6(13)5-8(15)9(7)16-11(14)17-10/h4-5H,1-3H3. The van der Waals surface area contributed by atoms with Gasteiger partial charge in [-0.3, -0.25) is 0 Å². The lowest BCUT2D eigenvalue weighted by Gasteiger charge is -2.21. The van der Waals surface area contributed by atoms with Gasteiger partial charge in [0.15, 0.2) is 5.82 Å². The highest BCUT2D eigenvalue weighted by Gasteiger charge is 2.18. The molecule has 18 heavy (non-hydrogen) atoms. The molecule has 0 aliphatic rings. The fraction of sp³-hybridized carbons (Fsp3) is 0.333. The molecule has 2 rings (SSSR count). The molecule has 0 saturated heterocycles. The van der Waals surface area contributed by atoms with Crippen molar-refractivity contribution in [3.63, 3.8) is 0 Å². The van der Waals surface area contributed by atoms with Crippen LogP contribution in [0.2, 0.25) is 10.3 Å². The van der Waals surface area contributed by atoms with Gasteiger partial charge in [-0.15, -0.1) is 0 Å². The van der Waals surface area contributed by atoms with E-state index in [1.807, 2.05) is 20.8 Å². The maximum atomic E-state index is 13.8. The predicted octanol–water partition coefficient (Wildman–Crippen LogP) is 4.25. The first-order valence-corrected chi connectivity index (χ1v) is 6.03. The Morgan fingerprint density at radius 1 is 1.17 bits per heavy atom. The summed E-state index contributed by atoms with van der Waals surface area (Å²) in [6.45, 7) is 5.57. The molecule has 0 spiro atoms. The number of ether oxygens (including phenoxy) is 1. The van der Waals surface area contributed by atoms with Crippen LogP contribution in [0.3, 0.4) is 0 Å². The first-order chi connectivity index (χ1) is 8.26. The maximum absolute atomic E-state index is 13.8. The van der Waals surface area contributed by atoms with Gasteiger partial charge >= 0.3 is 0 Å². The fourth-order valence-corrected chi connectivity index (χ4v) is 1.84. The van der Waals surface area contributed by atoms with Gasteiger partial charge in [0.25, 0.3) is 0 Å². The summed E-state index contributed by atoms with van der Waals surface area (Å²) in [5.41, 5.74) is -0.387. The average molecular weight is 289 g/mol. The van der Waals surface area contributed by atoms with Gasteiger partial charge in [-0.2, -0.15) is 4.98 Å². The van der Waals surface area contributed by atoms with Crippen LogP contribution in [0, 0.1) is 5.82 Å². The number of nitrogens with zero attached hydrogens (tertiary/aromatic N) is 2. The van der Waals surface area contributed by atoms with Crippen LogP contribution in [-0.2, 0) is 0 Å². The zero-order chi connectivity index (χ0) is 13.5. The first kappa shape index (κ1) is 13.3. The molecule has 0 aliphatic heterocycles. The van der Waals surface area contributed by atoms with E-state index in [9.17, 15) is 4.39 Å². The Balaban J connectivity index is 2.72. The summed E-state index contributed by atoms with van der Waals surface area (Å²) in [4.78, 5) is 7.82. The van der Waals surface area contributed by atoms with Crippen LogP contribution >= 0.6 is 23.2 Å². The van der Waals surface area contributed by atoms with Crippen LogP contribution in [0.25, 0.3) is 10.9 Å². The summed E-state index contributed by atoms with van der Waals surface area (Å²) in [7, 11) is 0. The normalized spacial score (nSPS) is 11.9. The van der Waals surface area contributed by atoms with Crippen molar-refractivity contribution in [3.05, 3.63) is 28.3 Å². The van der Waals surface area contributed by atoms with Crippen LogP contribution in [0.4, 0.5) is 4.39 Å². The topological polar surface area (TPSA) is 35.0 Å². The lowest BCUT2D eigenvalue weighted by Crippen LogP contribution is -2.23. The molecule has 3 nitrogen and oxygen atoms in total. The van der Waals surface area contributed by atoms with Crippen molar-refractivity contribution in [2.75, 3.05) is 0 Å². The van der Waals surface area contributed by atoms with E-state index in [4.69, 9.17) is 27.9 Å². The molecule has 0 fully saturated rings. The monoisotopic (exact) mass is 288 g/mol. The van der Waals surface area contributed by atoms with E-state index in [1.54, 1.807) is 6.07 Å². The first-order valence-electron chi connectivity index (χ1n) is 5.27. The van der Waals surface area contributed by atoms with Crippen molar-refractivity contribution in [1.29, 1.82) is 0 Å². The van der Waals surface area contributed by atoms with Gasteiger partial charge in [-0.1, -0.05) is 11.6 Å². The van der Waals surface area contributed by atoms with E-state index >= 15 is 0 Å². The van der Waals surface area contributed by atoms with E-state index in [0.29, 0.717) is 5.39 Å². The average Bonchev–Trinajstić information content (AvgIpc) is 2.17. The predicted molar refractivity (Wildman–Crippen MR) is 69.9 cm³/mol. The lowest BCUT2D eigenvalue weighted by atomic mass is 10.2. The molecule has 1 aromatic heterocycles. The van der Waals surface area contributed by atoms with Crippen LogP contribution < -0.4 is 4.74 Å². The van der Waals surface area contributed by atoms with Crippen molar-refractivity contribution in [2.45, 2.75) is 26.4 Å². The van der Waals surface area contributed by atoms with E-state index in [0.717, 1.165) is 0 Å². The highest BCUT2D eigenvalue weighted by molar-refractivity contribution is 6.31. The second kappa shape index (κ2) is 4.52. The molecule has 96 valence electrons. The summed E-state index contributed by atoms with van der Waals surface area (Å²) in [6.07, 6.45) is 0. The molecule has 0 radical (unpaired) electrons. The van der Waals surface area contributed by atoms with Gasteiger partial charge in [-0.25, -0.2) is 9.37 Å². The molecule has 1 heterocycles. The van der Waals surface area contributed by atoms with Crippen molar-refractivity contribution in [2.24, 2.45) is 0 Å². The molecule has 0 N–H and O–H groups in total. The van der Waals surface area contributed by atoms with Crippen molar-refractivity contribution >= 4 is 34.1 Å². The minimum atomic E-state index is -0.555. The Labute approximate surface area is 114 Å². The fourth-order valence-electron chi connectivity index (χ4n) is 1.47. The van der Waals surface area contributed by atoms with E-state index in [-0.39, 0.29) is 21.7 Å². The lowest BCUT2D eigenvalue weighted by molar-refractivity contribution is 0.126. The van der Waals surface area contributed by atoms with Crippen molar-refractivity contribution < 1.29 is 9.13 Å². The molecule has 1 aromatic carbocycles. The Kier molecular flexibility index (Phi) is 3.34. The van der Waals surface area contributed by atoms with Gasteiger partial charge in [0, 0.05) is 5.02 Å². The molecule has 6 heteroatoms. The van der Waals surface area contributed by atoms with E-state index in [1.165, 1.54) is 6.07 Å². The minimum Gasteiger partial charge on any atom is -0.471 e. The van der Waals surface area contributed by atoms with Crippen LogP contribution in [0.15, 0.2) is 12.1 Å². The molecule has 0 amide bonds. The zero-order valence-corrected chi connectivity index (χ0v) is 11.6. The molecule has 0 unspecified atom stereocenters. The largest absolute Gasteiger partial charge is 0.471 e. The third-order valence-electron chi connectivity index (χ3n) is 2.06. The van der Waals surface area contributed by atoms with Crippen molar-refractivity contribution in [1.82, 2.24) is 9.97 Å². The summed E-state index contributed by atoms with van der Waals surface area (Å²) in [5, 5.41) is 0.590. The highest BCUT2D eigenvalue weighted by atomic mass is 35.5. The number of rotatable bonds is 1. The third kappa shape index (κ3) is 2.82. The Morgan fingerprint density at radius 3 is 2.44 bits per heavy atom. The minimum absolute atomic E-state index is 0.0667. The second-order valence-electron chi connectivity index (χ2n) is 4.80. The summed E-state index contributed by atoms with van der Waals surface area (Å²) in [6, 6.07) is 2.73. The van der Waals surface area contributed by atoms with Gasteiger partial charge in [0.1, 0.15) is 11.1 Å². The maximum Gasteiger partial charge on any atom is 0.226 e. The molecule has 0 aliphatic carbocycles. The number of hydrogen-bond donors (Lipinski definition) is 0. The second-order valence-corrected chi connectivity index (χ2v) is 5.57. The molecular weight excluding hydrogens is 278 g/mol. The summed E-state index contributed by atoms with van der Waals surface area (Å²) < 4.78 is 19.4. The molecule has 0 bridgehead atoms. The number of hydrogen-bond acceptors (Lipinski definition) is 3. The van der Waals surface area contributed by atoms with Gasteiger partial charge in [0.05, 0.1) is 5.39 Å². The van der Waals surface area contributed by atoms with Crippen LogP contribution in [0.1, 0.15) is 20.8 Å². The highest BCUT2D eigenvalue weighted by Crippen LogP contribution is 2.31. The molecule has 0 atom stereocenters. The van der Waals surface area contributed by atoms with Gasteiger partial charge < -0.3 is 4.74 Å². The number of halogens is 3. The molecular formula is C12H11Cl2FN2O. The summed E-state index contributed by atoms with van der Waals surface area (Å²) >= 11 is 11.6. The van der Waals surface area contributed by atoms with Crippen LogP contribution in [0.5, 0.6) is 5.88 Å².